The van der Waals surface area contributed by atoms with Crippen molar-refractivity contribution in [3.63, 3.8) is 0 Å². The van der Waals surface area contributed by atoms with E-state index in [-0.39, 0.29) is 0 Å². The zero-order valence-electron chi connectivity index (χ0n) is 12.3. The maximum atomic E-state index is 9.52. The largest absolute Gasteiger partial charge is 0.389 e. The molecule has 0 spiro atoms. The molecule has 1 aromatic rings. The second-order valence-corrected chi connectivity index (χ2v) is 6.09. The molecule has 0 aromatic carbocycles. The molecule has 4 heteroatoms. The minimum Gasteiger partial charge on any atom is -0.389 e. The van der Waals surface area contributed by atoms with E-state index >= 15 is 0 Å². The van der Waals surface area contributed by atoms with Crippen LogP contribution in [0.3, 0.4) is 0 Å². The summed E-state index contributed by atoms with van der Waals surface area (Å²) < 4.78 is 0. The van der Waals surface area contributed by atoms with Gasteiger partial charge in [-0.05, 0) is 31.4 Å². The van der Waals surface area contributed by atoms with E-state index in [1.54, 1.807) is 13.1 Å². The number of pyridine rings is 1. The molecule has 1 aromatic heterocycles. The molecule has 1 aliphatic heterocycles. The van der Waals surface area contributed by atoms with Crippen molar-refractivity contribution in [1.82, 2.24) is 9.88 Å². The quantitative estimate of drug-likeness (QED) is 0.918. The molecule has 1 saturated carbocycles. The summed E-state index contributed by atoms with van der Waals surface area (Å²) in [4.78, 5) is 9.51. The maximum absolute atomic E-state index is 9.52. The first-order valence-corrected chi connectivity index (χ1v) is 7.87. The first kappa shape index (κ1) is 13.8. The van der Waals surface area contributed by atoms with Crippen LogP contribution in [0.4, 0.5) is 5.82 Å². The number of hydrogen-bond acceptors (Lipinski definition) is 4. The SMILES string of the molecule is C[C@H](O)c1ccc(N2CCN(C3CCCC3)CC2)nc1. The molecule has 1 N–H and O–H groups in total. The Balaban J connectivity index is 1.57. The Bertz CT molecular complexity index is 418. The van der Waals surface area contributed by atoms with E-state index in [9.17, 15) is 5.11 Å². The van der Waals surface area contributed by atoms with Gasteiger partial charge in [-0.3, -0.25) is 4.90 Å². The fraction of sp³-hybridized carbons (Fsp3) is 0.688. The van der Waals surface area contributed by atoms with Gasteiger partial charge in [-0.15, -0.1) is 0 Å². The van der Waals surface area contributed by atoms with E-state index in [0.717, 1.165) is 43.6 Å². The molecule has 1 saturated heterocycles. The van der Waals surface area contributed by atoms with Gasteiger partial charge in [0.25, 0.3) is 0 Å². The van der Waals surface area contributed by atoms with E-state index in [1.807, 2.05) is 12.1 Å². The van der Waals surface area contributed by atoms with Crippen molar-refractivity contribution < 1.29 is 5.11 Å². The summed E-state index contributed by atoms with van der Waals surface area (Å²) in [7, 11) is 0. The normalized spacial score (nSPS) is 23.2. The van der Waals surface area contributed by atoms with Gasteiger partial charge in [0.2, 0.25) is 0 Å². The van der Waals surface area contributed by atoms with E-state index < -0.39 is 6.10 Å². The summed E-state index contributed by atoms with van der Waals surface area (Å²) in [6.45, 7) is 6.22. The minimum absolute atomic E-state index is 0.434. The fourth-order valence-electron chi connectivity index (χ4n) is 3.42. The highest BCUT2D eigenvalue weighted by Crippen LogP contribution is 2.25. The van der Waals surface area contributed by atoms with Crippen LogP contribution in [0.1, 0.15) is 44.3 Å². The number of aliphatic hydroxyl groups excluding tert-OH is 1. The zero-order chi connectivity index (χ0) is 13.9. The van der Waals surface area contributed by atoms with Gasteiger partial charge in [0, 0.05) is 38.4 Å². The van der Waals surface area contributed by atoms with Gasteiger partial charge in [-0.1, -0.05) is 18.9 Å². The smallest absolute Gasteiger partial charge is 0.128 e. The summed E-state index contributed by atoms with van der Waals surface area (Å²) in [5.74, 6) is 1.04. The topological polar surface area (TPSA) is 39.6 Å². The van der Waals surface area contributed by atoms with Crippen molar-refractivity contribution in [2.45, 2.75) is 44.8 Å². The fourth-order valence-corrected chi connectivity index (χ4v) is 3.42. The third-order valence-corrected chi connectivity index (χ3v) is 4.73. The summed E-state index contributed by atoms with van der Waals surface area (Å²) in [6, 6.07) is 4.85. The molecule has 0 radical (unpaired) electrons. The average Bonchev–Trinajstić information content (AvgIpc) is 3.02. The summed E-state index contributed by atoms with van der Waals surface area (Å²) in [5.41, 5.74) is 0.887. The molecule has 2 aliphatic rings. The van der Waals surface area contributed by atoms with Gasteiger partial charge in [0.1, 0.15) is 5.82 Å². The highest BCUT2D eigenvalue weighted by molar-refractivity contribution is 5.40. The molecular formula is C16H25N3O. The Hall–Kier alpha value is -1.13. The second-order valence-electron chi connectivity index (χ2n) is 6.09. The van der Waals surface area contributed by atoms with Crippen LogP contribution < -0.4 is 4.90 Å². The van der Waals surface area contributed by atoms with Gasteiger partial charge in [-0.25, -0.2) is 4.98 Å². The van der Waals surface area contributed by atoms with Crippen molar-refractivity contribution in [3.8, 4) is 0 Å². The van der Waals surface area contributed by atoms with Gasteiger partial charge >= 0.3 is 0 Å². The number of rotatable bonds is 3. The summed E-state index contributed by atoms with van der Waals surface area (Å²) in [6.07, 6.45) is 6.96. The number of hydrogen-bond donors (Lipinski definition) is 1. The first-order chi connectivity index (χ1) is 9.74. The van der Waals surface area contributed by atoms with E-state index in [2.05, 4.69) is 14.8 Å². The molecule has 1 aliphatic carbocycles. The lowest BCUT2D eigenvalue weighted by atomic mass is 10.1. The third-order valence-electron chi connectivity index (χ3n) is 4.73. The van der Waals surface area contributed by atoms with E-state index in [4.69, 9.17) is 0 Å². The van der Waals surface area contributed by atoms with Crippen molar-refractivity contribution in [2.24, 2.45) is 0 Å². The van der Waals surface area contributed by atoms with Crippen molar-refractivity contribution in [1.29, 1.82) is 0 Å². The molecular weight excluding hydrogens is 250 g/mol. The van der Waals surface area contributed by atoms with Crippen LogP contribution in [0.25, 0.3) is 0 Å². The minimum atomic E-state index is -0.434. The predicted molar refractivity (Wildman–Crippen MR) is 80.9 cm³/mol. The van der Waals surface area contributed by atoms with E-state index in [1.165, 1.54) is 25.7 Å². The third kappa shape index (κ3) is 2.96. The Kier molecular flexibility index (Phi) is 4.22. The first-order valence-electron chi connectivity index (χ1n) is 7.87. The Morgan fingerprint density at radius 2 is 1.85 bits per heavy atom. The van der Waals surface area contributed by atoms with Gasteiger partial charge in [-0.2, -0.15) is 0 Å². The number of nitrogens with zero attached hydrogens (tertiary/aromatic N) is 3. The predicted octanol–water partition coefficient (Wildman–Crippen LogP) is 2.20. The maximum Gasteiger partial charge on any atom is 0.128 e. The van der Waals surface area contributed by atoms with Crippen LogP contribution in [0.2, 0.25) is 0 Å². The molecule has 4 nitrogen and oxygen atoms in total. The van der Waals surface area contributed by atoms with Crippen LogP contribution in [0, 0.1) is 0 Å². The second kappa shape index (κ2) is 6.10. The molecule has 110 valence electrons. The zero-order valence-corrected chi connectivity index (χ0v) is 12.3. The standard InChI is InChI=1S/C16H25N3O/c1-13(20)14-6-7-16(17-12-14)19-10-8-18(9-11-19)15-4-2-3-5-15/h6-7,12-13,15,20H,2-5,8-11H2,1H3/t13-/m0/s1. The van der Waals surface area contributed by atoms with Crippen molar-refractivity contribution in [2.75, 3.05) is 31.1 Å². The van der Waals surface area contributed by atoms with Crippen molar-refractivity contribution in [3.05, 3.63) is 23.9 Å². The molecule has 20 heavy (non-hydrogen) atoms. The lowest BCUT2D eigenvalue weighted by Crippen LogP contribution is -2.49. The van der Waals surface area contributed by atoms with Gasteiger partial charge in [0.05, 0.1) is 6.10 Å². The lowest BCUT2D eigenvalue weighted by Gasteiger charge is -2.38. The summed E-state index contributed by atoms with van der Waals surface area (Å²) >= 11 is 0. The lowest BCUT2D eigenvalue weighted by molar-refractivity contribution is 0.187. The Labute approximate surface area is 121 Å². The number of aromatic nitrogens is 1. The highest BCUT2D eigenvalue weighted by atomic mass is 16.3. The number of piperazine rings is 1. The molecule has 0 amide bonds. The molecule has 2 heterocycles. The molecule has 0 bridgehead atoms. The molecule has 1 atom stereocenters. The molecule has 3 rings (SSSR count). The summed E-state index contributed by atoms with van der Waals surface area (Å²) in [5, 5.41) is 9.52. The van der Waals surface area contributed by atoms with E-state index in [0.29, 0.717) is 0 Å². The van der Waals surface area contributed by atoms with Crippen LogP contribution in [0.15, 0.2) is 18.3 Å². The van der Waals surface area contributed by atoms with Crippen LogP contribution in [-0.2, 0) is 0 Å². The van der Waals surface area contributed by atoms with Crippen LogP contribution in [-0.4, -0.2) is 47.2 Å². The van der Waals surface area contributed by atoms with Crippen LogP contribution in [0.5, 0.6) is 0 Å². The monoisotopic (exact) mass is 275 g/mol. The highest BCUT2D eigenvalue weighted by Gasteiger charge is 2.26. The Morgan fingerprint density at radius 3 is 2.40 bits per heavy atom. The number of aliphatic hydroxyl groups is 1. The number of anilines is 1. The van der Waals surface area contributed by atoms with Gasteiger partial charge in [0.15, 0.2) is 0 Å². The average molecular weight is 275 g/mol. The molecule has 0 unspecified atom stereocenters. The van der Waals surface area contributed by atoms with Crippen molar-refractivity contribution >= 4 is 5.82 Å². The Morgan fingerprint density at radius 1 is 1.15 bits per heavy atom. The van der Waals surface area contributed by atoms with Gasteiger partial charge < -0.3 is 10.0 Å². The molecule has 2 fully saturated rings. The van der Waals surface area contributed by atoms with Crippen LogP contribution >= 0.6 is 0 Å².